The van der Waals surface area contributed by atoms with Crippen LogP contribution in [0.5, 0.6) is 5.75 Å². The number of hydrogen-bond acceptors (Lipinski definition) is 2. The van der Waals surface area contributed by atoms with Crippen molar-refractivity contribution in [3.05, 3.63) is 27.7 Å². The van der Waals surface area contributed by atoms with Crippen LogP contribution in [0, 0.1) is 0 Å². The molecular weight excluding hydrogens is 267 g/mol. The Labute approximate surface area is 96.0 Å². The molecule has 1 saturated carbocycles. The molecule has 0 aromatic heterocycles. The standard InChI is InChI=1S/C10H10BrClO2/c11-6-1-2-10(9(12)3-6)14-8-4-7(13)5-8/h1-3,7-8,13H,4-5H2. The van der Waals surface area contributed by atoms with Gasteiger partial charge in [0.15, 0.2) is 0 Å². The first-order chi connectivity index (χ1) is 6.65. The topological polar surface area (TPSA) is 29.5 Å². The lowest BCUT2D eigenvalue weighted by Crippen LogP contribution is -2.37. The molecule has 1 aromatic carbocycles. The molecule has 1 aliphatic carbocycles. The Bertz CT molecular complexity index is 337. The lowest BCUT2D eigenvalue weighted by molar-refractivity contribution is -0.0107. The third-order valence-electron chi connectivity index (χ3n) is 2.26. The van der Waals surface area contributed by atoms with Crippen LogP contribution in [0.25, 0.3) is 0 Å². The molecule has 0 heterocycles. The molecule has 0 spiro atoms. The van der Waals surface area contributed by atoms with Gasteiger partial charge in [-0.15, -0.1) is 0 Å². The number of rotatable bonds is 2. The molecule has 1 fully saturated rings. The molecule has 2 nitrogen and oxygen atoms in total. The smallest absolute Gasteiger partial charge is 0.138 e. The predicted molar refractivity (Wildman–Crippen MR) is 58.8 cm³/mol. The average molecular weight is 278 g/mol. The maximum absolute atomic E-state index is 9.09. The largest absolute Gasteiger partial charge is 0.489 e. The summed E-state index contributed by atoms with van der Waals surface area (Å²) in [7, 11) is 0. The molecule has 4 heteroatoms. The highest BCUT2D eigenvalue weighted by molar-refractivity contribution is 9.10. The molecule has 0 unspecified atom stereocenters. The van der Waals surface area contributed by atoms with Gasteiger partial charge in [0, 0.05) is 17.3 Å². The van der Waals surface area contributed by atoms with Gasteiger partial charge in [0.25, 0.3) is 0 Å². The summed E-state index contributed by atoms with van der Waals surface area (Å²) in [6.07, 6.45) is 1.32. The summed E-state index contributed by atoms with van der Waals surface area (Å²) in [5, 5.41) is 9.69. The summed E-state index contributed by atoms with van der Waals surface area (Å²) in [4.78, 5) is 0. The minimum absolute atomic E-state index is 0.115. The fourth-order valence-electron chi connectivity index (χ4n) is 1.38. The third kappa shape index (κ3) is 2.22. The number of ether oxygens (including phenoxy) is 1. The maximum atomic E-state index is 9.09. The molecule has 0 bridgehead atoms. The van der Waals surface area contributed by atoms with Crippen molar-refractivity contribution < 1.29 is 9.84 Å². The number of hydrogen-bond donors (Lipinski definition) is 1. The van der Waals surface area contributed by atoms with Crippen molar-refractivity contribution in [3.63, 3.8) is 0 Å². The van der Waals surface area contributed by atoms with E-state index in [0.717, 1.165) is 4.47 Å². The van der Waals surface area contributed by atoms with Crippen LogP contribution in [0.2, 0.25) is 5.02 Å². The van der Waals surface area contributed by atoms with Crippen LogP contribution in [0.3, 0.4) is 0 Å². The highest BCUT2D eigenvalue weighted by atomic mass is 79.9. The van der Waals surface area contributed by atoms with Crippen molar-refractivity contribution in [1.82, 2.24) is 0 Å². The van der Waals surface area contributed by atoms with Crippen LogP contribution >= 0.6 is 27.5 Å². The first-order valence-corrected chi connectivity index (χ1v) is 5.62. The van der Waals surface area contributed by atoms with Crippen molar-refractivity contribution in [2.24, 2.45) is 0 Å². The Morgan fingerprint density at radius 2 is 2.14 bits per heavy atom. The van der Waals surface area contributed by atoms with Crippen LogP contribution in [-0.2, 0) is 0 Å². The van der Waals surface area contributed by atoms with Gasteiger partial charge in [-0.2, -0.15) is 0 Å². The van der Waals surface area contributed by atoms with Gasteiger partial charge in [0.05, 0.1) is 11.1 Å². The third-order valence-corrected chi connectivity index (χ3v) is 3.05. The van der Waals surface area contributed by atoms with Gasteiger partial charge in [-0.25, -0.2) is 0 Å². The van der Waals surface area contributed by atoms with Crippen LogP contribution in [0.1, 0.15) is 12.8 Å². The molecule has 14 heavy (non-hydrogen) atoms. The zero-order valence-electron chi connectivity index (χ0n) is 7.41. The van der Waals surface area contributed by atoms with Gasteiger partial charge >= 0.3 is 0 Å². The Morgan fingerprint density at radius 3 is 2.71 bits per heavy atom. The lowest BCUT2D eigenvalue weighted by atomic mass is 9.92. The first-order valence-electron chi connectivity index (χ1n) is 4.45. The first kappa shape index (κ1) is 10.3. The summed E-state index contributed by atoms with van der Waals surface area (Å²) in [6.45, 7) is 0. The average Bonchev–Trinajstić information content (AvgIpc) is 2.06. The van der Waals surface area contributed by atoms with E-state index in [-0.39, 0.29) is 12.2 Å². The Balaban J connectivity index is 2.02. The van der Waals surface area contributed by atoms with Crippen molar-refractivity contribution in [3.8, 4) is 5.75 Å². The Kier molecular flexibility index (Phi) is 3.00. The second-order valence-electron chi connectivity index (χ2n) is 3.44. The van der Waals surface area contributed by atoms with E-state index in [1.165, 1.54) is 0 Å². The minimum Gasteiger partial charge on any atom is -0.489 e. The fraction of sp³-hybridized carbons (Fsp3) is 0.400. The molecule has 2 rings (SSSR count). The Hall–Kier alpha value is -0.250. The van der Waals surface area contributed by atoms with Gasteiger partial charge in [-0.05, 0) is 18.2 Å². The van der Waals surface area contributed by atoms with Gasteiger partial charge in [-0.3, -0.25) is 0 Å². The van der Waals surface area contributed by atoms with Gasteiger partial charge < -0.3 is 9.84 Å². The molecule has 1 aliphatic rings. The van der Waals surface area contributed by atoms with Crippen LogP contribution in [-0.4, -0.2) is 17.3 Å². The van der Waals surface area contributed by atoms with E-state index < -0.39 is 0 Å². The van der Waals surface area contributed by atoms with E-state index in [9.17, 15) is 0 Å². The van der Waals surface area contributed by atoms with Crippen molar-refractivity contribution in [2.45, 2.75) is 25.0 Å². The van der Waals surface area contributed by atoms with E-state index in [1.807, 2.05) is 12.1 Å². The van der Waals surface area contributed by atoms with Crippen molar-refractivity contribution in [2.75, 3.05) is 0 Å². The summed E-state index contributed by atoms with van der Waals surface area (Å²) in [6, 6.07) is 5.51. The van der Waals surface area contributed by atoms with E-state index in [2.05, 4.69) is 15.9 Å². The molecule has 1 aromatic rings. The van der Waals surface area contributed by atoms with Crippen LogP contribution < -0.4 is 4.74 Å². The van der Waals surface area contributed by atoms with E-state index in [4.69, 9.17) is 21.4 Å². The normalized spacial score (nSPS) is 25.6. The van der Waals surface area contributed by atoms with E-state index in [1.54, 1.807) is 6.07 Å². The second-order valence-corrected chi connectivity index (χ2v) is 4.76. The van der Waals surface area contributed by atoms with Gasteiger partial charge in [0.1, 0.15) is 11.9 Å². The molecule has 0 amide bonds. The zero-order valence-corrected chi connectivity index (χ0v) is 9.75. The SMILES string of the molecule is OC1CC(Oc2ccc(Br)cc2Cl)C1. The zero-order chi connectivity index (χ0) is 10.1. The Morgan fingerprint density at radius 1 is 1.43 bits per heavy atom. The number of benzene rings is 1. The summed E-state index contributed by atoms with van der Waals surface area (Å²) < 4.78 is 6.53. The van der Waals surface area contributed by atoms with Crippen LogP contribution in [0.15, 0.2) is 22.7 Å². The van der Waals surface area contributed by atoms with E-state index in [0.29, 0.717) is 23.6 Å². The minimum atomic E-state index is -0.200. The maximum Gasteiger partial charge on any atom is 0.138 e. The molecule has 0 saturated heterocycles. The molecule has 0 radical (unpaired) electrons. The van der Waals surface area contributed by atoms with Crippen LogP contribution in [0.4, 0.5) is 0 Å². The van der Waals surface area contributed by atoms with Crippen molar-refractivity contribution >= 4 is 27.5 Å². The van der Waals surface area contributed by atoms with E-state index >= 15 is 0 Å². The molecule has 76 valence electrons. The summed E-state index contributed by atoms with van der Waals surface area (Å²) >= 11 is 9.30. The predicted octanol–water partition coefficient (Wildman–Crippen LogP) is 3.00. The molecular formula is C10H10BrClO2. The number of aliphatic hydroxyl groups excluding tert-OH is 1. The molecule has 1 N–H and O–H groups in total. The highest BCUT2D eigenvalue weighted by Crippen LogP contribution is 2.32. The number of aliphatic hydroxyl groups is 1. The highest BCUT2D eigenvalue weighted by Gasteiger charge is 2.29. The lowest BCUT2D eigenvalue weighted by Gasteiger charge is -2.31. The van der Waals surface area contributed by atoms with Gasteiger partial charge in [-0.1, -0.05) is 27.5 Å². The van der Waals surface area contributed by atoms with Crippen molar-refractivity contribution in [1.29, 1.82) is 0 Å². The molecule has 0 aliphatic heterocycles. The van der Waals surface area contributed by atoms with Gasteiger partial charge in [0.2, 0.25) is 0 Å². The quantitative estimate of drug-likeness (QED) is 0.900. The monoisotopic (exact) mass is 276 g/mol. The summed E-state index contributed by atoms with van der Waals surface area (Å²) in [5.74, 6) is 0.687. The number of halogens is 2. The summed E-state index contributed by atoms with van der Waals surface area (Å²) in [5.41, 5.74) is 0. The second kappa shape index (κ2) is 4.09. The molecule has 0 atom stereocenters. The fourth-order valence-corrected chi connectivity index (χ4v) is 2.10.